The molecule has 13 rings (SSSR count). The fourth-order valence-electron chi connectivity index (χ4n) is 10.3. The Labute approximate surface area is 396 Å². The molecule has 316 valence electrons. The molecular formula is C60H39IN6. The summed E-state index contributed by atoms with van der Waals surface area (Å²) in [5.41, 5.74) is 19.3. The van der Waals surface area contributed by atoms with Crippen molar-refractivity contribution < 1.29 is 0 Å². The number of rotatable bonds is 8. The van der Waals surface area contributed by atoms with E-state index in [4.69, 9.17) is 9.97 Å². The van der Waals surface area contributed by atoms with Crippen molar-refractivity contribution in [3.8, 4) is 50.3 Å². The van der Waals surface area contributed by atoms with E-state index in [2.05, 4.69) is 168 Å². The molecule has 0 saturated heterocycles. The van der Waals surface area contributed by atoms with Crippen LogP contribution in [0.1, 0.15) is 22.3 Å². The molecule has 0 atom stereocenters. The van der Waals surface area contributed by atoms with Crippen molar-refractivity contribution in [2.45, 2.75) is 13.3 Å². The van der Waals surface area contributed by atoms with Gasteiger partial charge in [-0.3, -0.25) is 24.9 Å². The third kappa shape index (κ3) is 6.76. The normalized spacial score (nSPS) is 12.7. The molecule has 7 heterocycles. The Bertz CT molecular complexity index is 3950. The summed E-state index contributed by atoms with van der Waals surface area (Å²) in [5.74, 6) is 0. The highest BCUT2D eigenvalue weighted by atomic mass is 127. The van der Waals surface area contributed by atoms with Gasteiger partial charge in [0.25, 0.3) is 0 Å². The lowest BCUT2D eigenvalue weighted by Crippen LogP contribution is -2.00. The first-order valence-corrected chi connectivity index (χ1v) is 24.9. The van der Waals surface area contributed by atoms with Crippen LogP contribution >= 0.6 is 20.7 Å². The van der Waals surface area contributed by atoms with Crippen LogP contribution in [-0.4, -0.2) is 33.5 Å². The number of benzene rings is 6. The highest BCUT2D eigenvalue weighted by Gasteiger charge is 2.24. The van der Waals surface area contributed by atoms with E-state index in [9.17, 15) is 0 Å². The van der Waals surface area contributed by atoms with Gasteiger partial charge in [-0.2, -0.15) is 0 Å². The van der Waals surface area contributed by atoms with Crippen LogP contribution in [0.25, 0.3) is 110 Å². The molecule has 0 saturated carbocycles. The lowest BCUT2D eigenvalue weighted by molar-refractivity contribution is 1.18. The molecule has 0 fully saturated rings. The second-order valence-electron chi connectivity index (χ2n) is 17.2. The summed E-state index contributed by atoms with van der Waals surface area (Å²) in [6.45, 7) is 2.18. The van der Waals surface area contributed by atoms with Crippen LogP contribution in [0.3, 0.4) is 0 Å². The molecule has 12 aromatic rings. The molecule has 0 unspecified atom stereocenters. The Hall–Kier alpha value is -8.01. The molecular weight excluding hydrogens is 932 g/mol. The minimum Gasteiger partial charge on any atom is -0.308 e. The minimum atomic E-state index is -0.0312. The molecule has 0 bridgehead atoms. The molecule has 7 heteroatoms. The average Bonchev–Trinajstić information content (AvgIpc) is 3.73. The quantitative estimate of drug-likeness (QED) is 0.112. The number of hydrogen-bond donors (Lipinski definition) is 0. The van der Waals surface area contributed by atoms with Gasteiger partial charge in [-0.05, 0) is 212 Å². The molecule has 0 aliphatic carbocycles. The Balaban J connectivity index is 1.05. The summed E-state index contributed by atoms with van der Waals surface area (Å²) >= 11 is -0.0312. The highest BCUT2D eigenvalue weighted by molar-refractivity contribution is 14.2. The van der Waals surface area contributed by atoms with Gasteiger partial charge in [0.05, 0.1) is 22.2 Å². The Kier molecular flexibility index (Phi) is 9.49. The standard InChI is InChI=1S/C60H39IN6/c1-37-4-2-20-65-59(37)57-49(30-38-28-45(39-10-18-61-19-11-39)32-46(29-38)40-12-22-62-23-13-40)31-43-6-9-52-56-44(7-8-51(57)55(43)56)36-54-58(52)60-53(5-3-21-66-60)67(54)50-34-47(41-14-24-63-25-15-41)33-48(35-50)42-16-26-64-27-17-42/h2-29,31-36H,30H2,1H3. The zero-order valence-electron chi connectivity index (χ0n) is 36.4. The van der Waals surface area contributed by atoms with Gasteiger partial charge in [0.2, 0.25) is 0 Å². The summed E-state index contributed by atoms with van der Waals surface area (Å²) in [5, 5.41) is 8.43. The summed E-state index contributed by atoms with van der Waals surface area (Å²) in [4.78, 5) is 23.3. The van der Waals surface area contributed by atoms with E-state index >= 15 is 0 Å². The van der Waals surface area contributed by atoms with E-state index in [-0.39, 0.29) is 20.7 Å². The first kappa shape index (κ1) is 39.4. The van der Waals surface area contributed by atoms with Gasteiger partial charge in [0.1, 0.15) is 0 Å². The fourth-order valence-corrected chi connectivity index (χ4v) is 11.7. The first-order valence-electron chi connectivity index (χ1n) is 22.4. The van der Waals surface area contributed by atoms with E-state index < -0.39 is 0 Å². The number of hydrogen-bond acceptors (Lipinski definition) is 5. The van der Waals surface area contributed by atoms with Crippen LogP contribution in [0.5, 0.6) is 0 Å². The zero-order chi connectivity index (χ0) is 44.4. The van der Waals surface area contributed by atoms with Gasteiger partial charge in [0, 0.05) is 66.2 Å². The van der Waals surface area contributed by atoms with Gasteiger partial charge in [0.15, 0.2) is 0 Å². The predicted molar refractivity (Wildman–Crippen MR) is 286 cm³/mol. The molecule has 6 aromatic heterocycles. The Morgan fingerprint density at radius 1 is 0.507 bits per heavy atom. The summed E-state index contributed by atoms with van der Waals surface area (Å²) in [6.07, 6.45) is 20.4. The number of aryl methyl sites for hydroxylation is 1. The van der Waals surface area contributed by atoms with E-state index in [0.717, 1.165) is 73.1 Å². The Morgan fingerprint density at radius 3 is 1.81 bits per heavy atom. The lowest BCUT2D eigenvalue weighted by Gasteiger charge is -2.20. The number of nitrogens with zero attached hydrogens (tertiary/aromatic N) is 6. The van der Waals surface area contributed by atoms with Gasteiger partial charge in [-0.25, -0.2) is 0 Å². The van der Waals surface area contributed by atoms with Gasteiger partial charge in [-0.1, -0.05) is 69.3 Å². The van der Waals surface area contributed by atoms with Crippen molar-refractivity contribution >= 4 is 84.6 Å². The van der Waals surface area contributed by atoms with E-state index in [0.29, 0.717) is 0 Å². The van der Waals surface area contributed by atoms with Crippen molar-refractivity contribution in [2.24, 2.45) is 0 Å². The largest absolute Gasteiger partial charge is 0.308 e. The summed E-state index contributed by atoms with van der Waals surface area (Å²) < 4.78 is 7.09. The number of fused-ring (bicyclic) bond motifs is 4. The van der Waals surface area contributed by atoms with Crippen LogP contribution in [0.2, 0.25) is 0 Å². The van der Waals surface area contributed by atoms with Crippen LogP contribution in [0.4, 0.5) is 0 Å². The van der Waals surface area contributed by atoms with E-state index in [1.54, 1.807) is 0 Å². The molecule has 1 aliphatic heterocycles. The maximum atomic E-state index is 5.15. The van der Waals surface area contributed by atoms with Crippen LogP contribution in [-0.2, 0) is 6.42 Å². The van der Waals surface area contributed by atoms with Gasteiger partial charge >= 0.3 is 0 Å². The molecule has 6 nitrogen and oxygen atoms in total. The maximum absolute atomic E-state index is 5.15. The predicted octanol–water partition coefficient (Wildman–Crippen LogP) is 14.9. The molecule has 0 spiro atoms. The number of halogens is 1. The van der Waals surface area contributed by atoms with Crippen molar-refractivity contribution in [1.82, 2.24) is 29.5 Å². The van der Waals surface area contributed by atoms with E-state index in [1.807, 2.05) is 61.7 Å². The lowest BCUT2D eigenvalue weighted by atomic mass is 9.84. The number of allylic oxidation sites excluding steroid dienone is 3. The van der Waals surface area contributed by atoms with Crippen LogP contribution in [0.15, 0.2) is 199 Å². The monoisotopic (exact) mass is 970 g/mol. The van der Waals surface area contributed by atoms with Crippen molar-refractivity contribution in [3.63, 3.8) is 0 Å². The van der Waals surface area contributed by atoms with Gasteiger partial charge < -0.3 is 4.57 Å². The smallest absolute Gasteiger partial charge is 0.0969 e. The number of pyridine rings is 5. The van der Waals surface area contributed by atoms with Crippen molar-refractivity contribution in [2.75, 3.05) is 0 Å². The zero-order valence-corrected chi connectivity index (χ0v) is 38.6. The highest BCUT2D eigenvalue weighted by Crippen LogP contribution is 2.47. The second-order valence-corrected chi connectivity index (χ2v) is 19.4. The topological polar surface area (TPSA) is 69.4 Å². The first-order chi connectivity index (χ1) is 33.1. The molecule has 0 radical (unpaired) electrons. The molecule has 67 heavy (non-hydrogen) atoms. The Morgan fingerprint density at radius 2 is 1.12 bits per heavy atom. The maximum Gasteiger partial charge on any atom is 0.0969 e. The van der Waals surface area contributed by atoms with Crippen LogP contribution in [0, 0.1) is 6.92 Å². The molecule has 1 aliphatic rings. The van der Waals surface area contributed by atoms with Crippen molar-refractivity contribution in [3.05, 3.63) is 222 Å². The third-order valence-corrected chi connectivity index (χ3v) is 14.8. The van der Waals surface area contributed by atoms with Crippen molar-refractivity contribution in [1.29, 1.82) is 0 Å². The summed E-state index contributed by atoms with van der Waals surface area (Å²) in [6, 6.07) is 49.0. The van der Waals surface area contributed by atoms with E-state index in [1.165, 1.54) is 65.7 Å². The van der Waals surface area contributed by atoms with Gasteiger partial charge in [-0.15, -0.1) is 0 Å². The molecule has 6 aromatic carbocycles. The molecule has 0 amide bonds. The average molecular weight is 971 g/mol. The fraction of sp³-hybridized carbons (Fsp3) is 0.0333. The summed E-state index contributed by atoms with van der Waals surface area (Å²) in [7, 11) is 0. The van der Waals surface area contributed by atoms with Crippen LogP contribution < -0.4 is 0 Å². The minimum absolute atomic E-state index is 0.0312. The second kappa shape index (κ2) is 16.2. The SMILES string of the molecule is Cc1cccnc1-c1c(Cc2cc(C3=CC=IC=C3)cc(-c3ccncc3)c2)cc2ccc3c4c(ccc1c24)cc1c3c2ncccc2n1-c1cc(-c2ccncc2)cc(-c2ccncc2)c1. The molecule has 0 N–H and O–H groups in total. The third-order valence-electron chi connectivity index (χ3n) is 13.3. The number of aromatic nitrogens is 6.